The number of rotatable bonds is 40. The van der Waals surface area contributed by atoms with Crippen LogP contribution < -0.4 is 0 Å². The van der Waals surface area contributed by atoms with Gasteiger partial charge < -0.3 is 70.9 Å². The molecule has 0 radical (unpaired) electrons. The highest BCUT2D eigenvalue weighted by Crippen LogP contribution is 2.36. The van der Waals surface area contributed by atoms with Crippen LogP contribution in [0.15, 0.2) is 0 Å². The molecule has 0 fully saturated rings. The molecule has 0 unspecified atom stereocenters. The highest BCUT2D eigenvalue weighted by atomic mass is 28.4. The summed E-state index contributed by atoms with van der Waals surface area (Å²) in [6, 6.07) is 0. The molecule has 0 aliphatic carbocycles. The Morgan fingerprint density at radius 2 is 0.618 bits per heavy atom. The topological polar surface area (TPSA) is 150 Å². The van der Waals surface area contributed by atoms with Crippen molar-refractivity contribution < 1.29 is 70.8 Å². The summed E-state index contributed by atoms with van der Waals surface area (Å²) in [6.07, 6.45) is -0.365. The molecular formula is C38H79NO15Si. The third-order valence-electron chi connectivity index (χ3n) is 7.87. The molecule has 0 atom stereocenters. The number of carbonyl (C=O) groups is 1. The van der Waals surface area contributed by atoms with Crippen molar-refractivity contribution in [2.75, 3.05) is 179 Å². The van der Waals surface area contributed by atoms with Crippen LogP contribution in [0, 0.1) is 0 Å². The largest absolute Gasteiger partial charge is 0.444 e. The number of ether oxygens (including phenoxy) is 13. The Labute approximate surface area is 333 Å². The van der Waals surface area contributed by atoms with Crippen molar-refractivity contribution in [2.24, 2.45) is 0 Å². The van der Waals surface area contributed by atoms with Gasteiger partial charge >= 0.3 is 6.09 Å². The Balaban J connectivity index is 3.18. The van der Waals surface area contributed by atoms with Gasteiger partial charge in [0.05, 0.1) is 165 Å². The van der Waals surface area contributed by atoms with E-state index < -0.39 is 13.9 Å². The molecule has 0 saturated heterocycles. The maximum atomic E-state index is 11.9. The van der Waals surface area contributed by atoms with Gasteiger partial charge in [-0.15, -0.1) is 0 Å². The van der Waals surface area contributed by atoms with E-state index in [1.165, 1.54) is 4.90 Å². The lowest BCUT2D eigenvalue weighted by Crippen LogP contribution is -2.41. The Morgan fingerprint density at radius 3 is 0.836 bits per heavy atom. The van der Waals surface area contributed by atoms with Crippen LogP contribution in [0.5, 0.6) is 0 Å². The van der Waals surface area contributed by atoms with Gasteiger partial charge in [-0.3, -0.25) is 0 Å². The van der Waals surface area contributed by atoms with Crippen LogP contribution in [-0.4, -0.2) is 204 Å². The molecule has 330 valence electrons. The van der Waals surface area contributed by atoms with Gasteiger partial charge in [-0.25, -0.2) is 4.79 Å². The summed E-state index contributed by atoms with van der Waals surface area (Å²) >= 11 is 0. The van der Waals surface area contributed by atoms with Crippen LogP contribution >= 0.6 is 0 Å². The second-order valence-electron chi connectivity index (χ2n) is 14.9. The first kappa shape index (κ1) is 54.0. The summed E-state index contributed by atoms with van der Waals surface area (Å²) in [5.41, 5.74) is -0.512. The first-order valence-corrected chi connectivity index (χ1v) is 22.7. The van der Waals surface area contributed by atoms with Crippen LogP contribution in [-0.2, 0) is 66.0 Å². The van der Waals surface area contributed by atoms with Gasteiger partial charge in [0.2, 0.25) is 0 Å². The molecule has 0 bridgehead atoms. The molecule has 0 aromatic rings. The van der Waals surface area contributed by atoms with Crippen molar-refractivity contribution in [3.05, 3.63) is 0 Å². The first-order valence-electron chi connectivity index (χ1n) is 19.8. The summed E-state index contributed by atoms with van der Waals surface area (Å²) in [5.74, 6) is 0. The summed E-state index contributed by atoms with van der Waals surface area (Å²) in [7, 11) is -0.0231. The molecular weight excluding hydrogens is 738 g/mol. The minimum absolute atomic E-state index is 0.212. The summed E-state index contributed by atoms with van der Waals surface area (Å²) in [5, 5.41) is 0.212. The number of carbonyl (C=O) groups excluding carboxylic acids is 1. The predicted molar refractivity (Wildman–Crippen MR) is 212 cm³/mol. The highest BCUT2D eigenvalue weighted by Gasteiger charge is 2.36. The van der Waals surface area contributed by atoms with Crippen molar-refractivity contribution in [2.45, 2.75) is 65.3 Å². The standard InChI is InChI=1S/C38H79NO15Si/c1-37(2,3)54-36(40)39(7)10-11-41-12-13-42-14-15-43-16-17-44-18-19-45-20-21-46-22-23-47-24-25-48-26-27-49-28-29-50-30-31-51-32-33-52-34-35-53-55(8,9)38(4,5)6/h10-35H2,1-9H3. The third kappa shape index (κ3) is 38.3. The lowest BCUT2D eigenvalue weighted by molar-refractivity contribution is -0.0287. The number of amides is 1. The fraction of sp³-hybridized carbons (Fsp3) is 0.974. The van der Waals surface area contributed by atoms with Crippen molar-refractivity contribution in [1.29, 1.82) is 0 Å². The minimum Gasteiger partial charge on any atom is -0.444 e. The van der Waals surface area contributed by atoms with E-state index in [1.54, 1.807) is 7.05 Å². The average molecular weight is 818 g/mol. The molecule has 0 heterocycles. The summed E-state index contributed by atoms with van der Waals surface area (Å²) in [6.45, 7) is 29.7. The van der Waals surface area contributed by atoms with Gasteiger partial charge in [0.15, 0.2) is 8.32 Å². The molecule has 55 heavy (non-hydrogen) atoms. The van der Waals surface area contributed by atoms with Crippen molar-refractivity contribution >= 4 is 14.4 Å². The van der Waals surface area contributed by atoms with E-state index in [9.17, 15) is 4.79 Å². The van der Waals surface area contributed by atoms with E-state index in [1.807, 2.05) is 20.8 Å². The average Bonchev–Trinajstić information content (AvgIpc) is 3.11. The zero-order chi connectivity index (χ0) is 40.9. The zero-order valence-corrected chi connectivity index (χ0v) is 37.0. The summed E-state index contributed by atoms with van der Waals surface area (Å²) in [4.78, 5) is 13.4. The van der Waals surface area contributed by atoms with Crippen LogP contribution in [0.3, 0.4) is 0 Å². The second kappa shape index (κ2) is 36.1. The van der Waals surface area contributed by atoms with Crippen molar-refractivity contribution in [1.82, 2.24) is 4.90 Å². The fourth-order valence-electron chi connectivity index (χ4n) is 3.73. The van der Waals surface area contributed by atoms with Crippen molar-refractivity contribution in [3.8, 4) is 0 Å². The SMILES string of the molecule is CN(CCOCCOCCOCCOCCOCCOCCOCCOCCOCCOCCOCCOCCO[Si](C)(C)C(C)(C)C)C(=O)OC(C)(C)C. The number of hydrogen-bond donors (Lipinski definition) is 0. The minimum atomic E-state index is -1.71. The third-order valence-corrected chi connectivity index (χ3v) is 12.4. The molecule has 0 spiro atoms. The molecule has 0 aliphatic rings. The van der Waals surface area contributed by atoms with Gasteiger partial charge in [0, 0.05) is 13.6 Å². The Hall–Kier alpha value is -1.03. The van der Waals surface area contributed by atoms with Crippen LogP contribution in [0.25, 0.3) is 0 Å². The van der Waals surface area contributed by atoms with Crippen LogP contribution in [0.4, 0.5) is 4.79 Å². The first-order chi connectivity index (χ1) is 26.3. The molecule has 0 N–H and O–H groups in total. The van der Waals surface area contributed by atoms with Gasteiger partial charge in [0.25, 0.3) is 0 Å². The maximum absolute atomic E-state index is 11.9. The smallest absolute Gasteiger partial charge is 0.410 e. The summed E-state index contributed by atoms with van der Waals surface area (Å²) < 4.78 is 77.4. The maximum Gasteiger partial charge on any atom is 0.410 e. The van der Waals surface area contributed by atoms with Gasteiger partial charge in [-0.1, -0.05) is 20.8 Å². The molecule has 0 rings (SSSR count). The molecule has 0 saturated carbocycles. The Kier molecular flexibility index (Phi) is 35.4. The molecule has 0 aromatic carbocycles. The second-order valence-corrected chi connectivity index (χ2v) is 19.7. The lowest BCUT2D eigenvalue weighted by atomic mass is 10.2. The van der Waals surface area contributed by atoms with Crippen LogP contribution in [0.2, 0.25) is 18.1 Å². The number of likely N-dealkylation sites (N-methyl/N-ethyl adjacent to an activating group) is 1. The van der Waals surface area contributed by atoms with E-state index in [0.29, 0.717) is 172 Å². The van der Waals surface area contributed by atoms with E-state index >= 15 is 0 Å². The zero-order valence-electron chi connectivity index (χ0n) is 36.0. The molecule has 16 nitrogen and oxygen atoms in total. The van der Waals surface area contributed by atoms with E-state index in [4.69, 9.17) is 66.0 Å². The lowest BCUT2D eigenvalue weighted by Gasteiger charge is -2.36. The quantitative estimate of drug-likeness (QED) is 0.0646. The predicted octanol–water partition coefficient (Wildman–Crippen LogP) is 4.07. The van der Waals surface area contributed by atoms with Crippen molar-refractivity contribution in [3.63, 3.8) is 0 Å². The monoisotopic (exact) mass is 818 g/mol. The van der Waals surface area contributed by atoms with Gasteiger partial charge in [0.1, 0.15) is 5.60 Å². The molecule has 17 heteroatoms. The van der Waals surface area contributed by atoms with E-state index in [2.05, 4.69) is 33.9 Å². The number of hydrogen-bond acceptors (Lipinski definition) is 15. The fourth-order valence-corrected chi connectivity index (χ4v) is 4.75. The van der Waals surface area contributed by atoms with E-state index in [0.717, 1.165) is 0 Å². The van der Waals surface area contributed by atoms with Gasteiger partial charge in [-0.05, 0) is 38.9 Å². The Morgan fingerprint density at radius 1 is 0.400 bits per heavy atom. The molecule has 0 aliphatic heterocycles. The molecule has 1 amide bonds. The van der Waals surface area contributed by atoms with Crippen LogP contribution in [0.1, 0.15) is 41.5 Å². The normalized spacial score (nSPS) is 12.5. The van der Waals surface area contributed by atoms with E-state index in [-0.39, 0.29) is 11.1 Å². The molecule has 0 aromatic heterocycles. The highest BCUT2D eigenvalue weighted by molar-refractivity contribution is 6.74. The Bertz CT molecular complexity index is 846. The number of nitrogens with zero attached hydrogens (tertiary/aromatic N) is 1. The van der Waals surface area contributed by atoms with Gasteiger partial charge in [-0.2, -0.15) is 0 Å².